The van der Waals surface area contributed by atoms with Crippen LogP contribution in [0.3, 0.4) is 0 Å². The number of hydrogen-bond acceptors (Lipinski definition) is 5. The molecular formula is C21H24N2O4. The molecule has 0 N–H and O–H groups in total. The van der Waals surface area contributed by atoms with Crippen molar-refractivity contribution in [2.45, 2.75) is 32.3 Å². The van der Waals surface area contributed by atoms with Gasteiger partial charge in [0, 0.05) is 13.6 Å². The largest absolute Gasteiger partial charge is 0.497 e. The standard InChI is InChI=1S/C21H24N2O4/c1-14(21(25)27-15(2)20(24)23(3)11-5-10-22)16-6-7-18-13-19(26-4)9-8-17(18)12-16/h6-9,12-15H,5,11H2,1-4H3/t14-,15+/m0/s1. The highest BCUT2D eigenvalue weighted by Crippen LogP contribution is 2.26. The Balaban J connectivity index is 2.07. The van der Waals surface area contributed by atoms with Crippen LogP contribution in [0.1, 0.15) is 31.7 Å². The number of esters is 1. The molecule has 6 nitrogen and oxygen atoms in total. The molecule has 0 aliphatic rings. The van der Waals surface area contributed by atoms with E-state index in [1.165, 1.54) is 4.90 Å². The molecular weight excluding hydrogens is 344 g/mol. The molecule has 2 aromatic rings. The predicted molar refractivity (Wildman–Crippen MR) is 102 cm³/mol. The van der Waals surface area contributed by atoms with Crippen molar-refractivity contribution in [3.8, 4) is 11.8 Å². The zero-order valence-electron chi connectivity index (χ0n) is 16.1. The predicted octanol–water partition coefficient (Wildman–Crippen LogP) is 3.26. The third-order valence-electron chi connectivity index (χ3n) is 4.50. The van der Waals surface area contributed by atoms with Crippen LogP contribution in [0.4, 0.5) is 0 Å². The molecule has 0 radical (unpaired) electrons. The Bertz CT molecular complexity index is 872. The van der Waals surface area contributed by atoms with Gasteiger partial charge in [0.1, 0.15) is 5.75 Å². The van der Waals surface area contributed by atoms with Gasteiger partial charge in [-0.2, -0.15) is 5.26 Å². The van der Waals surface area contributed by atoms with Gasteiger partial charge in [0.05, 0.1) is 25.5 Å². The lowest BCUT2D eigenvalue weighted by Crippen LogP contribution is -2.38. The Morgan fingerprint density at radius 1 is 1.15 bits per heavy atom. The van der Waals surface area contributed by atoms with Gasteiger partial charge in [-0.3, -0.25) is 9.59 Å². The number of nitriles is 1. The molecule has 0 bridgehead atoms. The van der Waals surface area contributed by atoms with E-state index in [-0.39, 0.29) is 12.3 Å². The molecule has 0 aromatic heterocycles. The fourth-order valence-corrected chi connectivity index (χ4v) is 2.74. The van der Waals surface area contributed by atoms with E-state index in [1.807, 2.05) is 42.5 Å². The van der Waals surface area contributed by atoms with Crippen molar-refractivity contribution in [3.05, 3.63) is 42.0 Å². The summed E-state index contributed by atoms with van der Waals surface area (Å²) in [6.45, 7) is 3.60. The van der Waals surface area contributed by atoms with Crippen LogP contribution in [0.25, 0.3) is 10.8 Å². The molecule has 1 amide bonds. The smallest absolute Gasteiger partial charge is 0.313 e. The maximum Gasteiger partial charge on any atom is 0.313 e. The summed E-state index contributed by atoms with van der Waals surface area (Å²) in [7, 11) is 3.21. The molecule has 0 saturated carbocycles. The number of methoxy groups -OCH3 is 1. The van der Waals surface area contributed by atoms with Crippen molar-refractivity contribution in [1.29, 1.82) is 5.26 Å². The van der Waals surface area contributed by atoms with Crippen molar-refractivity contribution in [3.63, 3.8) is 0 Å². The average molecular weight is 368 g/mol. The van der Waals surface area contributed by atoms with E-state index >= 15 is 0 Å². The number of fused-ring (bicyclic) bond motifs is 1. The minimum atomic E-state index is -0.895. The van der Waals surface area contributed by atoms with Gasteiger partial charge in [-0.05, 0) is 42.3 Å². The third kappa shape index (κ3) is 4.98. The summed E-state index contributed by atoms with van der Waals surface area (Å²) in [6.07, 6.45) is -0.658. The van der Waals surface area contributed by atoms with Crippen LogP contribution in [0.5, 0.6) is 5.75 Å². The highest BCUT2D eigenvalue weighted by Gasteiger charge is 2.25. The zero-order chi connectivity index (χ0) is 20.0. The summed E-state index contributed by atoms with van der Waals surface area (Å²) in [5.41, 5.74) is 0.815. The number of hydrogen-bond donors (Lipinski definition) is 0. The second kappa shape index (κ2) is 9.04. The fourth-order valence-electron chi connectivity index (χ4n) is 2.74. The van der Waals surface area contributed by atoms with E-state index in [2.05, 4.69) is 0 Å². The Hall–Kier alpha value is -3.07. The second-order valence-electron chi connectivity index (χ2n) is 6.44. The molecule has 2 aromatic carbocycles. The van der Waals surface area contributed by atoms with Gasteiger partial charge in [-0.25, -0.2) is 0 Å². The van der Waals surface area contributed by atoms with E-state index in [0.29, 0.717) is 6.54 Å². The van der Waals surface area contributed by atoms with Gasteiger partial charge in [0.15, 0.2) is 6.10 Å². The normalized spacial score (nSPS) is 12.7. The van der Waals surface area contributed by atoms with Crippen LogP contribution in [-0.4, -0.2) is 43.6 Å². The molecule has 2 rings (SSSR count). The number of carbonyl (C=O) groups is 2. The van der Waals surface area contributed by atoms with Crippen LogP contribution in [-0.2, 0) is 14.3 Å². The fraction of sp³-hybridized carbons (Fsp3) is 0.381. The first-order chi connectivity index (χ1) is 12.9. The van der Waals surface area contributed by atoms with Crippen LogP contribution < -0.4 is 4.74 Å². The van der Waals surface area contributed by atoms with Crippen molar-refractivity contribution in [2.75, 3.05) is 20.7 Å². The molecule has 0 saturated heterocycles. The van der Waals surface area contributed by atoms with Crippen molar-refractivity contribution < 1.29 is 19.1 Å². The van der Waals surface area contributed by atoms with Gasteiger partial charge < -0.3 is 14.4 Å². The molecule has 142 valence electrons. The number of likely N-dealkylation sites (N-methyl/N-ethyl adjacent to an activating group) is 1. The number of rotatable bonds is 7. The lowest BCUT2D eigenvalue weighted by molar-refractivity contribution is -0.159. The quantitative estimate of drug-likeness (QED) is 0.701. The van der Waals surface area contributed by atoms with Crippen molar-refractivity contribution in [2.24, 2.45) is 0 Å². The van der Waals surface area contributed by atoms with Gasteiger partial charge >= 0.3 is 5.97 Å². The summed E-state index contributed by atoms with van der Waals surface area (Å²) in [5.74, 6) is -0.513. The summed E-state index contributed by atoms with van der Waals surface area (Å²) in [5, 5.41) is 10.6. The summed E-state index contributed by atoms with van der Waals surface area (Å²) < 4.78 is 10.6. The average Bonchev–Trinajstić information content (AvgIpc) is 2.69. The first kappa shape index (κ1) is 20.2. The SMILES string of the molecule is COc1ccc2cc([C@H](C)C(=O)O[C@H](C)C(=O)N(C)CCC#N)ccc2c1. The molecule has 0 aliphatic heterocycles. The third-order valence-corrected chi connectivity index (χ3v) is 4.50. The summed E-state index contributed by atoms with van der Waals surface area (Å²) in [4.78, 5) is 26.1. The first-order valence-electron chi connectivity index (χ1n) is 8.77. The minimum Gasteiger partial charge on any atom is -0.497 e. The maximum absolute atomic E-state index is 12.5. The summed E-state index contributed by atoms with van der Waals surface area (Å²) >= 11 is 0. The Morgan fingerprint density at radius 2 is 1.81 bits per heavy atom. The molecule has 0 unspecified atom stereocenters. The molecule has 0 spiro atoms. The van der Waals surface area contributed by atoms with Crippen LogP contribution in [0, 0.1) is 11.3 Å². The number of benzene rings is 2. The molecule has 2 atom stereocenters. The summed E-state index contributed by atoms with van der Waals surface area (Å²) in [6, 6.07) is 13.5. The highest BCUT2D eigenvalue weighted by atomic mass is 16.5. The second-order valence-corrected chi connectivity index (χ2v) is 6.44. The number of ether oxygens (including phenoxy) is 2. The van der Waals surface area contributed by atoms with Gasteiger partial charge in [-0.15, -0.1) is 0 Å². The molecule has 0 aliphatic carbocycles. The number of carbonyl (C=O) groups excluding carboxylic acids is 2. The van der Waals surface area contributed by atoms with Gasteiger partial charge in [-0.1, -0.05) is 24.3 Å². The lowest BCUT2D eigenvalue weighted by Gasteiger charge is -2.22. The molecule has 0 fully saturated rings. The van der Waals surface area contributed by atoms with Crippen LogP contribution >= 0.6 is 0 Å². The van der Waals surface area contributed by atoms with E-state index < -0.39 is 18.0 Å². The molecule has 6 heteroatoms. The number of amides is 1. The Kier molecular flexibility index (Phi) is 6.78. The van der Waals surface area contributed by atoms with E-state index in [4.69, 9.17) is 14.7 Å². The van der Waals surface area contributed by atoms with Crippen molar-refractivity contribution >= 4 is 22.6 Å². The van der Waals surface area contributed by atoms with Crippen LogP contribution in [0.2, 0.25) is 0 Å². The van der Waals surface area contributed by atoms with E-state index in [9.17, 15) is 9.59 Å². The first-order valence-corrected chi connectivity index (χ1v) is 8.77. The van der Waals surface area contributed by atoms with Crippen LogP contribution in [0.15, 0.2) is 36.4 Å². The minimum absolute atomic E-state index is 0.237. The zero-order valence-corrected chi connectivity index (χ0v) is 16.1. The molecule has 0 heterocycles. The maximum atomic E-state index is 12.5. The topological polar surface area (TPSA) is 79.6 Å². The monoisotopic (exact) mass is 368 g/mol. The van der Waals surface area contributed by atoms with Gasteiger partial charge in [0.25, 0.3) is 5.91 Å². The van der Waals surface area contributed by atoms with E-state index in [0.717, 1.165) is 22.1 Å². The van der Waals surface area contributed by atoms with Crippen molar-refractivity contribution in [1.82, 2.24) is 4.90 Å². The Labute approximate surface area is 159 Å². The van der Waals surface area contributed by atoms with E-state index in [1.54, 1.807) is 28.0 Å². The molecule has 27 heavy (non-hydrogen) atoms. The number of nitrogens with zero attached hydrogens (tertiary/aromatic N) is 2. The highest BCUT2D eigenvalue weighted by molar-refractivity contribution is 5.88. The lowest BCUT2D eigenvalue weighted by atomic mass is 9.98. The van der Waals surface area contributed by atoms with Gasteiger partial charge in [0.2, 0.25) is 0 Å². The Morgan fingerprint density at radius 3 is 2.48 bits per heavy atom.